The summed E-state index contributed by atoms with van der Waals surface area (Å²) < 4.78 is 0. The molecule has 0 atom stereocenters. The summed E-state index contributed by atoms with van der Waals surface area (Å²) in [6, 6.07) is 0. The van der Waals surface area contributed by atoms with Crippen LogP contribution in [0.5, 0.6) is 0 Å². The van der Waals surface area contributed by atoms with Gasteiger partial charge in [-0.05, 0) is 18.4 Å². The van der Waals surface area contributed by atoms with E-state index >= 15 is 0 Å². The fraction of sp³-hybridized carbons (Fsp3) is 0.800. The molecular formula is C10H18N2O2S. The molecule has 1 aliphatic heterocycles. The molecular weight excluding hydrogens is 212 g/mol. The van der Waals surface area contributed by atoms with Crippen molar-refractivity contribution in [3.63, 3.8) is 0 Å². The zero-order valence-corrected chi connectivity index (χ0v) is 9.96. The minimum Gasteiger partial charge on any atom is -0.342 e. The van der Waals surface area contributed by atoms with Crippen molar-refractivity contribution in [1.82, 2.24) is 9.80 Å². The second kappa shape index (κ2) is 6.71. The number of hydrogen-bond donors (Lipinski definition) is 0. The number of amides is 2. The van der Waals surface area contributed by atoms with E-state index in [2.05, 4.69) is 0 Å². The standard InChI is InChI=1S/C10H18N2O2S/c1-15-8-2-3-10(14)12-6-4-11(9-13)5-7-12/h9H,2-8H2,1H3. The number of hydrogen-bond acceptors (Lipinski definition) is 3. The maximum Gasteiger partial charge on any atom is 0.222 e. The Kier molecular flexibility index (Phi) is 5.53. The first-order chi connectivity index (χ1) is 7.27. The van der Waals surface area contributed by atoms with Gasteiger partial charge in [0.25, 0.3) is 0 Å². The Labute approximate surface area is 95.0 Å². The molecule has 86 valence electrons. The smallest absolute Gasteiger partial charge is 0.222 e. The van der Waals surface area contributed by atoms with Crippen LogP contribution in [0.4, 0.5) is 0 Å². The second-order valence-electron chi connectivity index (χ2n) is 3.62. The van der Waals surface area contributed by atoms with Gasteiger partial charge in [0.05, 0.1) is 0 Å². The van der Waals surface area contributed by atoms with Gasteiger partial charge in [-0.3, -0.25) is 9.59 Å². The van der Waals surface area contributed by atoms with Crippen LogP contribution in [0, 0.1) is 0 Å². The lowest BCUT2D eigenvalue weighted by molar-refractivity contribution is -0.135. The van der Waals surface area contributed by atoms with Crippen LogP contribution in [0.15, 0.2) is 0 Å². The van der Waals surface area contributed by atoms with Crippen LogP contribution in [0.2, 0.25) is 0 Å². The molecule has 5 heteroatoms. The largest absolute Gasteiger partial charge is 0.342 e. The fourth-order valence-electron chi connectivity index (χ4n) is 1.60. The summed E-state index contributed by atoms with van der Waals surface area (Å²) in [5.74, 6) is 1.27. The quantitative estimate of drug-likeness (QED) is 0.508. The number of rotatable bonds is 5. The summed E-state index contributed by atoms with van der Waals surface area (Å²) in [5.41, 5.74) is 0. The van der Waals surface area contributed by atoms with E-state index in [1.165, 1.54) is 0 Å². The first-order valence-corrected chi connectivity index (χ1v) is 6.63. The molecule has 15 heavy (non-hydrogen) atoms. The van der Waals surface area contributed by atoms with E-state index in [0.717, 1.165) is 18.6 Å². The maximum absolute atomic E-state index is 11.7. The first kappa shape index (κ1) is 12.4. The van der Waals surface area contributed by atoms with E-state index in [4.69, 9.17) is 0 Å². The highest BCUT2D eigenvalue weighted by atomic mass is 32.2. The normalized spacial score (nSPS) is 16.6. The molecule has 0 aromatic heterocycles. The molecule has 1 heterocycles. The van der Waals surface area contributed by atoms with Gasteiger partial charge in [0, 0.05) is 32.6 Å². The van der Waals surface area contributed by atoms with Gasteiger partial charge in [0.2, 0.25) is 12.3 Å². The highest BCUT2D eigenvalue weighted by Gasteiger charge is 2.19. The van der Waals surface area contributed by atoms with Gasteiger partial charge in [-0.2, -0.15) is 11.8 Å². The van der Waals surface area contributed by atoms with Gasteiger partial charge in [-0.15, -0.1) is 0 Å². The monoisotopic (exact) mass is 230 g/mol. The molecule has 2 amide bonds. The third-order valence-corrected chi connectivity index (χ3v) is 3.25. The van der Waals surface area contributed by atoms with Crippen LogP contribution in [0.25, 0.3) is 0 Å². The number of carbonyl (C=O) groups excluding carboxylic acids is 2. The van der Waals surface area contributed by atoms with Gasteiger partial charge < -0.3 is 9.80 Å². The lowest BCUT2D eigenvalue weighted by Gasteiger charge is -2.32. The van der Waals surface area contributed by atoms with Crippen LogP contribution < -0.4 is 0 Å². The van der Waals surface area contributed by atoms with Gasteiger partial charge in [-0.25, -0.2) is 0 Å². The molecule has 0 aliphatic carbocycles. The Balaban J connectivity index is 2.21. The Morgan fingerprint density at radius 2 is 2.00 bits per heavy atom. The third kappa shape index (κ3) is 4.11. The van der Waals surface area contributed by atoms with E-state index in [1.807, 2.05) is 11.2 Å². The van der Waals surface area contributed by atoms with Crippen molar-refractivity contribution in [2.75, 3.05) is 38.2 Å². The molecule has 0 unspecified atom stereocenters. The zero-order chi connectivity index (χ0) is 11.1. The van der Waals surface area contributed by atoms with E-state index in [1.54, 1.807) is 16.7 Å². The molecule has 4 nitrogen and oxygen atoms in total. The highest BCUT2D eigenvalue weighted by Crippen LogP contribution is 2.06. The third-order valence-electron chi connectivity index (χ3n) is 2.56. The summed E-state index contributed by atoms with van der Waals surface area (Å²) in [7, 11) is 0. The topological polar surface area (TPSA) is 40.6 Å². The SMILES string of the molecule is CSCCCC(=O)N1CCN(C=O)CC1. The van der Waals surface area contributed by atoms with Crippen molar-refractivity contribution in [2.45, 2.75) is 12.8 Å². The molecule has 0 spiro atoms. The molecule has 0 N–H and O–H groups in total. The Hall–Kier alpha value is -0.710. The summed E-state index contributed by atoms with van der Waals surface area (Å²) in [5, 5.41) is 0. The van der Waals surface area contributed by atoms with Gasteiger partial charge >= 0.3 is 0 Å². The summed E-state index contributed by atoms with van der Waals surface area (Å²) in [4.78, 5) is 25.7. The van der Waals surface area contributed by atoms with E-state index in [0.29, 0.717) is 32.6 Å². The molecule has 0 saturated carbocycles. The molecule has 0 aromatic rings. The fourth-order valence-corrected chi connectivity index (χ4v) is 2.04. The van der Waals surface area contributed by atoms with Crippen LogP contribution in [0.1, 0.15) is 12.8 Å². The van der Waals surface area contributed by atoms with Crippen molar-refractivity contribution >= 4 is 24.1 Å². The number of piperazine rings is 1. The minimum absolute atomic E-state index is 0.231. The van der Waals surface area contributed by atoms with Gasteiger partial charge in [-0.1, -0.05) is 0 Å². The van der Waals surface area contributed by atoms with Crippen molar-refractivity contribution in [2.24, 2.45) is 0 Å². The molecule has 0 aromatic carbocycles. The van der Waals surface area contributed by atoms with Gasteiger partial charge in [0.15, 0.2) is 0 Å². The van der Waals surface area contributed by atoms with E-state index in [9.17, 15) is 9.59 Å². The number of thioether (sulfide) groups is 1. The molecule has 0 radical (unpaired) electrons. The first-order valence-electron chi connectivity index (χ1n) is 5.24. The van der Waals surface area contributed by atoms with Crippen LogP contribution in [-0.4, -0.2) is 60.3 Å². The van der Waals surface area contributed by atoms with Crippen molar-refractivity contribution in [3.8, 4) is 0 Å². The zero-order valence-electron chi connectivity index (χ0n) is 9.15. The molecule has 1 saturated heterocycles. The van der Waals surface area contributed by atoms with Crippen molar-refractivity contribution in [3.05, 3.63) is 0 Å². The molecule has 1 rings (SSSR count). The average Bonchev–Trinajstić information content (AvgIpc) is 2.29. The second-order valence-corrected chi connectivity index (χ2v) is 4.60. The van der Waals surface area contributed by atoms with E-state index in [-0.39, 0.29) is 5.91 Å². The average molecular weight is 230 g/mol. The van der Waals surface area contributed by atoms with Crippen LogP contribution in [-0.2, 0) is 9.59 Å². The van der Waals surface area contributed by atoms with Crippen LogP contribution in [0.3, 0.4) is 0 Å². The highest BCUT2D eigenvalue weighted by molar-refractivity contribution is 7.98. The van der Waals surface area contributed by atoms with Crippen molar-refractivity contribution < 1.29 is 9.59 Å². The Morgan fingerprint density at radius 3 is 2.53 bits per heavy atom. The lowest BCUT2D eigenvalue weighted by Crippen LogP contribution is -2.48. The lowest BCUT2D eigenvalue weighted by atomic mass is 10.2. The van der Waals surface area contributed by atoms with E-state index < -0.39 is 0 Å². The predicted octanol–water partition coefficient (Wildman–Crippen LogP) is 0.430. The maximum atomic E-state index is 11.7. The van der Waals surface area contributed by atoms with Gasteiger partial charge in [0.1, 0.15) is 0 Å². The Morgan fingerprint density at radius 1 is 1.33 bits per heavy atom. The minimum atomic E-state index is 0.231. The predicted molar refractivity (Wildman–Crippen MR) is 61.8 cm³/mol. The number of carbonyl (C=O) groups is 2. The van der Waals surface area contributed by atoms with Crippen LogP contribution >= 0.6 is 11.8 Å². The molecule has 0 bridgehead atoms. The van der Waals surface area contributed by atoms with Crippen molar-refractivity contribution in [1.29, 1.82) is 0 Å². The number of nitrogens with zero attached hydrogens (tertiary/aromatic N) is 2. The Bertz CT molecular complexity index is 215. The summed E-state index contributed by atoms with van der Waals surface area (Å²) in [6.07, 6.45) is 4.50. The molecule has 1 fully saturated rings. The summed E-state index contributed by atoms with van der Waals surface area (Å²) >= 11 is 1.77. The molecule has 1 aliphatic rings. The summed E-state index contributed by atoms with van der Waals surface area (Å²) in [6.45, 7) is 2.74.